The first-order valence-corrected chi connectivity index (χ1v) is 10.5. The second-order valence-electron chi connectivity index (χ2n) is 6.12. The maximum Gasteiger partial charge on any atom is 0.287 e. The fraction of sp³-hybridized carbons (Fsp3) is 0.190. The van der Waals surface area contributed by atoms with Gasteiger partial charge in [0.15, 0.2) is 5.76 Å². The average molecular weight is 418 g/mol. The van der Waals surface area contributed by atoms with E-state index in [2.05, 4.69) is 5.32 Å². The molecule has 2 aromatic carbocycles. The Morgan fingerprint density at radius 3 is 2.54 bits per heavy atom. The first-order valence-electron chi connectivity index (χ1n) is 8.63. The van der Waals surface area contributed by atoms with Crippen LogP contribution in [0.1, 0.15) is 27.4 Å². The largest absolute Gasteiger partial charge is 0.497 e. The number of amides is 1. The summed E-state index contributed by atoms with van der Waals surface area (Å²) >= 11 is 6.10. The van der Waals surface area contributed by atoms with Gasteiger partial charge in [0, 0.05) is 22.4 Å². The molecular weight excluding hydrogens is 398 g/mol. The van der Waals surface area contributed by atoms with Crippen molar-refractivity contribution in [3.8, 4) is 5.75 Å². The summed E-state index contributed by atoms with van der Waals surface area (Å²) in [7, 11) is 0.413. The van der Waals surface area contributed by atoms with E-state index in [-0.39, 0.29) is 17.4 Å². The Morgan fingerprint density at radius 1 is 1.07 bits per heavy atom. The first-order chi connectivity index (χ1) is 13.5. The van der Waals surface area contributed by atoms with Gasteiger partial charge < -0.3 is 14.5 Å². The van der Waals surface area contributed by atoms with Gasteiger partial charge in [0.25, 0.3) is 5.91 Å². The van der Waals surface area contributed by atoms with Gasteiger partial charge in [0.05, 0.1) is 18.6 Å². The van der Waals surface area contributed by atoms with E-state index in [9.17, 15) is 9.00 Å². The van der Waals surface area contributed by atoms with Crippen molar-refractivity contribution < 1.29 is 18.2 Å². The van der Waals surface area contributed by atoms with Crippen LogP contribution in [0.2, 0.25) is 5.02 Å². The van der Waals surface area contributed by atoms with Crippen LogP contribution < -0.4 is 10.1 Å². The normalized spacial score (nSPS) is 11.8. The zero-order valence-electron chi connectivity index (χ0n) is 15.3. The van der Waals surface area contributed by atoms with Crippen molar-refractivity contribution in [2.45, 2.75) is 18.1 Å². The molecule has 1 N–H and O–H groups in total. The van der Waals surface area contributed by atoms with Crippen LogP contribution in [-0.4, -0.2) is 17.2 Å². The zero-order chi connectivity index (χ0) is 19.9. The van der Waals surface area contributed by atoms with Gasteiger partial charge in [-0.1, -0.05) is 41.9 Å². The summed E-state index contributed by atoms with van der Waals surface area (Å²) in [5, 5.41) is 3.39. The zero-order valence-corrected chi connectivity index (χ0v) is 16.9. The van der Waals surface area contributed by atoms with Crippen molar-refractivity contribution in [1.82, 2.24) is 5.32 Å². The van der Waals surface area contributed by atoms with Crippen LogP contribution >= 0.6 is 11.6 Å². The number of furan rings is 1. The third kappa shape index (κ3) is 5.47. The molecule has 0 spiro atoms. The predicted octanol–water partition coefficient (Wildman–Crippen LogP) is 4.32. The number of carbonyl (C=O) groups excluding carboxylic acids is 1. The Kier molecular flexibility index (Phi) is 6.90. The molecular formula is C21H20ClNO4S. The summed E-state index contributed by atoms with van der Waals surface area (Å²) in [6.07, 6.45) is 0. The summed E-state index contributed by atoms with van der Waals surface area (Å²) in [6, 6.07) is 18.0. The van der Waals surface area contributed by atoms with E-state index in [1.165, 1.54) is 0 Å². The Bertz CT molecular complexity index is 969. The number of nitrogens with one attached hydrogen (secondary N) is 1. The van der Waals surface area contributed by atoms with Gasteiger partial charge >= 0.3 is 0 Å². The highest BCUT2D eigenvalue weighted by Gasteiger charge is 2.13. The lowest BCUT2D eigenvalue weighted by atomic mass is 10.2. The number of benzene rings is 2. The van der Waals surface area contributed by atoms with E-state index >= 15 is 0 Å². The summed E-state index contributed by atoms with van der Waals surface area (Å²) < 4.78 is 23.0. The van der Waals surface area contributed by atoms with E-state index in [1.807, 2.05) is 42.5 Å². The molecule has 0 aliphatic heterocycles. The fourth-order valence-corrected chi connectivity index (χ4v) is 4.04. The van der Waals surface area contributed by atoms with Crippen molar-refractivity contribution in [1.29, 1.82) is 0 Å². The topological polar surface area (TPSA) is 68.5 Å². The number of halogens is 1. The highest BCUT2D eigenvalue weighted by Crippen LogP contribution is 2.19. The number of ether oxygens (including phenoxy) is 1. The molecule has 0 radical (unpaired) electrons. The van der Waals surface area contributed by atoms with Gasteiger partial charge in [-0.25, -0.2) is 0 Å². The average Bonchev–Trinajstić information content (AvgIpc) is 3.16. The minimum Gasteiger partial charge on any atom is -0.497 e. The summed E-state index contributed by atoms with van der Waals surface area (Å²) in [6.45, 7) is 0.372. The van der Waals surface area contributed by atoms with Crippen LogP contribution in [0.3, 0.4) is 0 Å². The molecule has 0 unspecified atom stereocenters. The molecule has 0 bridgehead atoms. The molecule has 146 valence electrons. The van der Waals surface area contributed by atoms with Gasteiger partial charge in [-0.15, -0.1) is 0 Å². The second kappa shape index (κ2) is 9.57. The van der Waals surface area contributed by atoms with E-state index in [1.54, 1.807) is 25.3 Å². The van der Waals surface area contributed by atoms with E-state index < -0.39 is 10.8 Å². The van der Waals surface area contributed by atoms with Crippen molar-refractivity contribution >= 4 is 28.3 Å². The lowest BCUT2D eigenvalue weighted by Gasteiger charge is -2.05. The first kappa shape index (κ1) is 20.2. The molecule has 1 aromatic heterocycles. The molecule has 1 amide bonds. The monoisotopic (exact) mass is 417 g/mol. The number of hydrogen-bond acceptors (Lipinski definition) is 4. The molecule has 0 aliphatic carbocycles. The van der Waals surface area contributed by atoms with Gasteiger partial charge in [-0.05, 0) is 41.5 Å². The summed E-state index contributed by atoms with van der Waals surface area (Å²) in [4.78, 5) is 12.3. The molecule has 3 rings (SSSR count). The quantitative estimate of drug-likeness (QED) is 0.592. The van der Waals surface area contributed by atoms with Crippen molar-refractivity contribution in [3.05, 3.63) is 88.3 Å². The standard InChI is InChI=1S/C21H20ClNO4S/c1-26-17-8-6-15(7-9-17)12-23-21(24)20-11-10-18(27-20)14-28(25)13-16-4-2-3-5-19(16)22/h2-11H,12-14H2,1H3,(H,23,24)/t28-/m1/s1. The molecule has 28 heavy (non-hydrogen) atoms. The molecule has 0 aliphatic rings. The molecule has 3 aromatic rings. The minimum atomic E-state index is -1.19. The third-order valence-electron chi connectivity index (χ3n) is 4.08. The van der Waals surface area contributed by atoms with Gasteiger partial charge in [0.1, 0.15) is 11.5 Å². The van der Waals surface area contributed by atoms with Gasteiger partial charge in [-0.2, -0.15) is 0 Å². The molecule has 0 fully saturated rings. The Hall–Kier alpha value is -2.57. The third-order valence-corrected chi connectivity index (χ3v) is 5.68. The maximum absolute atomic E-state index is 12.4. The number of carbonyl (C=O) groups is 1. The number of rotatable bonds is 8. The van der Waals surface area contributed by atoms with Gasteiger partial charge in [0.2, 0.25) is 0 Å². The summed E-state index contributed by atoms with van der Waals surface area (Å²) in [5.41, 5.74) is 1.77. The van der Waals surface area contributed by atoms with Crippen molar-refractivity contribution in [2.24, 2.45) is 0 Å². The van der Waals surface area contributed by atoms with E-state index in [4.69, 9.17) is 20.8 Å². The van der Waals surface area contributed by atoms with Gasteiger partial charge in [-0.3, -0.25) is 9.00 Å². The highest BCUT2D eigenvalue weighted by molar-refractivity contribution is 7.83. The maximum atomic E-state index is 12.4. The highest BCUT2D eigenvalue weighted by atomic mass is 35.5. The smallest absolute Gasteiger partial charge is 0.287 e. The molecule has 1 atom stereocenters. The molecule has 0 saturated carbocycles. The Balaban J connectivity index is 1.53. The lowest BCUT2D eigenvalue weighted by molar-refractivity contribution is 0.0921. The second-order valence-corrected chi connectivity index (χ2v) is 7.98. The minimum absolute atomic E-state index is 0.193. The molecule has 5 nitrogen and oxygen atoms in total. The SMILES string of the molecule is COc1ccc(CNC(=O)c2ccc(C[S@](=O)Cc3ccccc3Cl)o2)cc1. The molecule has 0 saturated heterocycles. The van der Waals surface area contributed by atoms with Crippen molar-refractivity contribution in [2.75, 3.05) is 7.11 Å². The molecule has 7 heteroatoms. The Labute approximate surface area is 171 Å². The fourth-order valence-electron chi connectivity index (χ4n) is 2.59. The lowest BCUT2D eigenvalue weighted by Crippen LogP contribution is -2.22. The van der Waals surface area contributed by atoms with Crippen LogP contribution in [0.4, 0.5) is 0 Å². The van der Waals surface area contributed by atoms with Crippen LogP contribution in [0.15, 0.2) is 65.1 Å². The van der Waals surface area contributed by atoms with E-state index in [0.717, 1.165) is 16.9 Å². The predicted molar refractivity (Wildman–Crippen MR) is 110 cm³/mol. The van der Waals surface area contributed by atoms with Crippen LogP contribution in [-0.2, 0) is 28.9 Å². The number of hydrogen-bond donors (Lipinski definition) is 1. The summed E-state index contributed by atoms with van der Waals surface area (Å²) in [5.74, 6) is 1.68. The van der Waals surface area contributed by atoms with Crippen LogP contribution in [0.25, 0.3) is 0 Å². The van der Waals surface area contributed by atoms with Crippen LogP contribution in [0, 0.1) is 0 Å². The Morgan fingerprint density at radius 2 is 1.82 bits per heavy atom. The molecule has 1 heterocycles. The number of methoxy groups -OCH3 is 1. The van der Waals surface area contributed by atoms with Crippen molar-refractivity contribution in [3.63, 3.8) is 0 Å². The van der Waals surface area contributed by atoms with Crippen LogP contribution in [0.5, 0.6) is 5.75 Å². The van der Waals surface area contributed by atoms with E-state index in [0.29, 0.717) is 23.1 Å².